The van der Waals surface area contributed by atoms with Crippen molar-refractivity contribution >= 4 is 5.97 Å². The topological polar surface area (TPSA) is 47.6 Å². The number of carbonyl (C=O) groups is 1. The zero-order valence-corrected chi connectivity index (χ0v) is 9.34. The van der Waals surface area contributed by atoms with Crippen molar-refractivity contribution in [3.8, 4) is 0 Å². The molecule has 0 bridgehead atoms. The largest absolute Gasteiger partial charge is 0.464 e. The van der Waals surface area contributed by atoms with Gasteiger partial charge in [0.05, 0.1) is 12.7 Å². The highest BCUT2D eigenvalue weighted by molar-refractivity contribution is 5.70. The first-order valence-electron chi connectivity index (χ1n) is 5.12. The lowest BCUT2D eigenvalue weighted by Crippen LogP contribution is -2.26. The van der Waals surface area contributed by atoms with Gasteiger partial charge >= 0.3 is 5.97 Å². The normalized spacial score (nSPS) is 12.5. The minimum absolute atomic E-state index is 0.0405. The number of carbonyl (C=O) groups excluding carboxylic acids is 1. The molecule has 0 aromatic heterocycles. The number of hydrogen-bond donors (Lipinski definition) is 1. The van der Waals surface area contributed by atoms with Gasteiger partial charge in [-0.15, -0.1) is 0 Å². The van der Waals surface area contributed by atoms with E-state index in [0.717, 1.165) is 19.4 Å². The fourth-order valence-electron chi connectivity index (χ4n) is 0.929. The molecule has 0 aromatic rings. The molecule has 0 amide bonds. The lowest BCUT2D eigenvalue weighted by atomic mass is 10.4. The maximum atomic E-state index is 11.1. The van der Waals surface area contributed by atoms with E-state index in [1.807, 2.05) is 14.0 Å². The van der Waals surface area contributed by atoms with Crippen molar-refractivity contribution in [3.05, 3.63) is 0 Å². The van der Waals surface area contributed by atoms with Gasteiger partial charge in [0.2, 0.25) is 0 Å². The van der Waals surface area contributed by atoms with Crippen LogP contribution < -0.4 is 5.32 Å². The molecule has 4 heteroatoms. The zero-order valence-electron chi connectivity index (χ0n) is 9.34. The molecule has 1 atom stereocenters. The van der Waals surface area contributed by atoms with Gasteiger partial charge in [0.15, 0.2) is 0 Å². The third kappa shape index (κ3) is 8.01. The highest BCUT2D eigenvalue weighted by Crippen LogP contribution is 1.92. The summed E-state index contributed by atoms with van der Waals surface area (Å²) in [5, 5.41) is 2.97. The number of likely N-dealkylation sites (N-methyl/N-ethyl adjacent to an activating group) is 1. The first-order chi connectivity index (χ1) is 6.70. The molecule has 0 aliphatic heterocycles. The summed E-state index contributed by atoms with van der Waals surface area (Å²) in [6, 6.07) is 0. The molecule has 0 aliphatic carbocycles. The van der Waals surface area contributed by atoms with Gasteiger partial charge in [-0.1, -0.05) is 13.3 Å². The van der Waals surface area contributed by atoms with Crippen LogP contribution in [0.3, 0.4) is 0 Å². The molecule has 0 saturated carbocycles. The van der Waals surface area contributed by atoms with Crippen LogP contribution in [-0.4, -0.2) is 38.9 Å². The molecule has 0 aliphatic rings. The summed E-state index contributed by atoms with van der Waals surface area (Å²) in [5.41, 5.74) is 0. The number of ether oxygens (including phenoxy) is 2. The van der Waals surface area contributed by atoms with Gasteiger partial charge in [-0.2, -0.15) is 0 Å². The van der Waals surface area contributed by atoms with E-state index < -0.39 is 0 Å². The van der Waals surface area contributed by atoms with E-state index in [1.165, 1.54) is 0 Å². The molecule has 0 spiro atoms. The Balaban J connectivity index is 3.34. The third-order valence-corrected chi connectivity index (χ3v) is 1.74. The van der Waals surface area contributed by atoms with Crippen LogP contribution in [0, 0.1) is 0 Å². The van der Waals surface area contributed by atoms with Crippen LogP contribution >= 0.6 is 0 Å². The average molecular weight is 203 g/mol. The van der Waals surface area contributed by atoms with E-state index in [1.54, 1.807) is 0 Å². The van der Waals surface area contributed by atoms with E-state index in [2.05, 4.69) is 12.2 Å². The zero-order chi connectivity index (χ0) is 10.8. The molecular formula is C10H21NO3. The van der Waals surface area contributed by atoms with E-state index in [4.69, 9.17) is 9.47 Å². The number of nitrogens with one attached hydrogen (secondary N) is 1. The monoisotopic (exact) mass is 203 g/mol. The smallest absolute Gasteiger partial charge is 0.332 e. The highest BCUT2D eigenvalue weighted by Gasteiger charge is 2.06. The minimum atomic E-state index is -0.276. The van der Waals surface area contributed by atoms with Crippen molar-refractivity contribution < 1.29 is 14.3 Å². The van der Waals surface area contributed by atoms with Crippen molar-refractivity contribution in [1.29, 1.82) is 0 Å². The molecule has 0 aromatic carbocycles. The lowest BCUT2D eigenvalue weighted by Gasteiger charge is -2.11. The standard InChI is InChI=1S/C10H21NO3/c1-4-5-6-13-10(12)8-14-9(2)7-11-3/h9,11H,4-8H2,1-3H3. The van der Waals surface area contributed by atoms with Gasteiger partial charge in [0.25, 0.3) is 0 Å². The maximum absolute atomic E-state index is 11.1. The number of hydrogen-bond acceptors (Lipinski definition) is 4. The maximum Gasteiger partial charge on any atom is 0.332 e. The Kier molecular flexibility index (Phi) is 8.57. The Morgan fingerprint density at radius 2 is 2.21 bits per heavy atom. The van der Waals surface area contributed by atoms with Crippen molar-refractivity contribution in [3.63, 3.8) is 0 Å². The Morgan fingerprint density at radius 1 is 1.50 bits per heavy atom. The van der Waals surface area contributed by atoms with Crippen molar-refractivity contribution in [2.24, 2.45) is 0 Å². The van der Waals surface area contributed by atoms with Crippen LogP contribution in [0.5, 0.6) is 0 Å². The summed E-state index contributed by atoms with van der Waals surface area (Å²) in [5.74, 6) is -0.276. The predicted molar refractivity (Wildman–Crippen MR) is 55.2 cm³/mol. The second-order valence-electron chi connectivity index (χ2n) is 3.25. The fourth-order valence-corrected chi connectivity index (χ4v) is 0.929. The molecule has 0 saturated heterocycles. The summed E-state index contributed by atoms with van der Waals surface area (Å²) in [6.07, 6.45) is 1.99. The summed E-state index contributed by atoms with van der Waals surface area (Å²) < 4.78 is 10.2. The second-order valence-corrected chi connectivity index (χ2v) is 3.25. The molecular weight excluding hydrogens is 182 g/mol. The van der Waals surface area contributed by atoms with Gasteiger partial charge < -0.3 is 14.8 Å². The van der Waals surface area contributed by atoms with Crippen LogP contribution in [0.2, 0.25) is 0 Å². The van der Waals surface area contributed by atoms with Gasteiger partial charge in [-0.05, 0) is 20.4 Å². The van der Waals surface area contributed by atoms with E-state index in [9.17, 15) is 4.79 Å². The van der Waals surface area contributed by atoms with E-state index in [-0.39, 0.29) is 18.7 Å². The number of unbranched alkanes of at least 4 members (excludes halogenated alkanes) is 1. The molecule has 4 nitrogen and oxygen atoms in total. The molecule has 84 valence electrons. The predicted octanol–water partition coefficient (Wildman–Crippen LogP) is 0.954. The Hall–Kier alpha value is -0.610. The van der Waals surface area contributed by atoms with E-state index in [0.29, 0.717) is 6.61 Å². The Morgan fingerprint density at radius 3 is 2.79 bits per heavy atom. The minimum Gasteiger partial charge on any atom is -0.464 e. The van der Waals surface area contributed by atoms with E-state index >= 15 is 0 Å². The van der Waals surface area contributed by atoms with Gasteiger partial charge in [-0.25, -0.2) is 4.79 Å². The van der Waals surface area contributed by atoms with Crippen molar-refractivity contribution in [1.82, 2.24) is 5.32 Å². The Bertz CT molecular complexity index is 150. The van der Waals surface area contributed by atoms with Crippen molar-refractivity contribution in [2.75, 3.05) is 26.8 Å². The SMILES string of the molecule is CCCCOC(=O)COC(C)CNC. The highest BCUT2D eigenvalue weighted by atomic mass is 16.6. The fraction of sp³-hybridized carbons (Fsp3) is 0.900. The molecule has 0 rings (SSSR count). The molecule has 0 heterocycles. The Labute approximate surface area is 86.0 Å². The first-order valence-corrected chi connectivity index (χ1v) is 5.12. The van der Waals surface area contributed by atoms with Crippen LogP contribution in [0.4, 0.5) is 0 Å². The third-order valence-electron chi connectivity index (χ3n) is 1.74. The molecule has 14 heavy (non-hydrogen) atoms. The summed E-state index contributed by atoms with van der Waals surface area (Å²) in [6.45, 7) is 5.25. The first kappa shape index (κ1) is 13.4. The summed E-state index contributed by atoms with van der Waals surface area (Å²) in [7, 11) is 1.85. The van der Waals surface area contributed by atoms with Crippen LogP contribution in [0.15, 0.2) is 0 Å². The van der Waals surface area contributed by atoms with Gasteiger partial charge in [0.1, 0.15) is 6.61 Å². The molecule has 1 N–H and O–H groups in total. The quantitative estimate of drug-likeness (QED) is 0.471. The van der Waals surface area contributed by atoms with Crippen LogP contribution in [0.1, 0.15) is 26.7 Å². The second kappa shape index (κ2) is 8.97. The van der Waals surface area contributed by atoms with Crippen LogP contribution in [0.25, 0.3) is 0 Å². The summed E-state index contributed by atoms with van der Waals surface area (Å²) >= 11 is 0. The lowest BCUT2D eigenvalue weighted by molar-refractivity contribution is -0.150. The molecule has 0 fully saturated rings. The average Bonchev–Trinajstić information content (AvgIpc) is 2.16. The van der Waals surface area contributed by atoms with Gasteiger partial charge in [-0.3, -0.25) is 0 Å². The summed E-state index contributed by atoms with van der Waals surface area (Å²) in [4.78, 5) is 11.1. The van der Waals surface area contributed by atoms with Crippen LogP contribution in [-0.2, 0) is 14.3 Å². The number of rotatable bonds is 8. The molecule has 0 radical (unpaired) electrons. The number of esters is 1. The molecule has 1 unspecified atom stereocenters. The van der Waals surface area contributed by atoms with Crippen molar-refractivity contribution in [2.45, 2.75) is 32.8 Å². The van der Waals surface area contributed by atoms with Gasteiger partial charge in [0, 0.05) is 6.54 Å².